The Morgan fingerprint density at radius 3 is 2.50 bits per heavy atom. The van der Waals surface area contributed by atoms with E-state index in [-0.39, 0.29) is 21.9 Å². The first-order valence-electron chi connectivity index (χ1n) is 6.96. The molecule has 0 saturated heterocycles. The number of hydrogen-bond acceptors (Lipinski definition) is 7. The average Bonchev–Trinajstić information content (AvgIpc) is 2.60. The number of carboxylic acid groups (broad SMARTS) is 1. The predicted octanol–water partition coefficient (Wildman–Crippen LogP) is 2.82. The van der Waals surface area contributed by atoms with Crippen molar-refractivity contribution in [3.8, 4) is 5.75 Å². The lowest BCUT2D eigenvalue weighted by Crippen LogP contribution is -2.14. The van der Waals surface area contributed by atoms with Crippen LogP contribution in [-0.4, -0.2) is 37.8 Å². The van der Waals surface area contributed by atoms with Crippen molar-refractivity contribution in [3.05, 3.63) is 52.1 Å². The summed E-state index contributed by atoms with van der Waals surface area (Å²) in [6.07, 6.45) is 1.66. The number of hydrogen-bond donors (Lipinski definition) is 2. The van der Waals surface area contributed by atoms with Crippen LogP contribution in [0.25, 0.3) is 0 Å². The summed E-state index contributed by atoms with van der Waals surface area (Å²) in [7, 11) is -2.89. The zero-order valence-corrected chi connectivity index (χ0v) is 15.3. The van der Waals surface area contributed by atoms with Gasteiger partial charge in [-0.1, -0.05) is 0 Å². The Kier molecular flexibility index (Phi) is 5.73. The van der Waals surface area contributed by atoms with E-state index >= 15 is 0 Å². The van der Waals surface area contributed by atoms with Gasteiger partial charge in [0.05, 0.1) is 28.2 Å². The van der Waals surface area contributed by atoms with Crippen LogP contribution in [0.5, 0.6) is 5.75 Å². The van der Waals surface area contributed by atoms with Crippen LogP contribution in [0.4, 0.5) is 11.4 Å². The summed E-state index contributed by atoms with van der Waals surface area (Å²) in [6, 6.07) is 7.18. The molecular formula is C15H14N2O7S2. The highest BCUT2D eigenvalue weighted by Crippen LogP contribution is 2.32. The number of methoxy groups -OCH3 is 1. The number of nitrogens with zero attached hydrogens (tertiary/aromatic N) is 1. The van der Waals surface area contributed by atoms with Crippen molar-refractivity contribution >= 4 is 39.1 Å². The smallest absolute Gasteiger partial charge is 0.335 e. The summed E-state index contributed by atoms with van der Waals surface area (Å²) < 4.78 is 32.3. The first-order chi connectivity index (χ1) is 12.2. The second kappa shape index (κ2) is 7.62. The molecule has 2 N–H and O–H groups in total. The van der Waals surface area contributed by atoms with E-state index in [1.165, 1.54) is 37.4 Å². The van der Waals surface area contributed by atoms with Crippen molar-refractivity contribution in [2.45, 2.75) is 9.79 Å². The normalized spacial score (nSPS) is 11.0. The molecule has 2 rings (SSSR count). The number of carbonyl (C=O) groups is 1. The SMILES string of the molecule is COc1ccc(S(=O)(=O)Nc2ccc(C(=O)O)cc2SC)cc1[N+](=O)[O-]. The Balaban J connectivity index is 2.45. The molecule has 0 aliphatic rings. The van der Waals surface area contributed by atoms with Gasteiger partial charge in [0.25, 0.3) is 10.0 Å². The highest BCUT2D eigenvalue weighted by atomic mass is 32.2. The summed E-state index contributed by atoms with van der Waals surface area (Å²) >= 11 is 1.16. The van der Waals surface area contributed by atoms with Gasteiger partial charge in [0.15, 0.2) is 5.75 Å². The first-order valence-corrected chi connectivity index (χ1v) is 9.67. The van der Waals surface area contributed by atoms with Crippen LogP contribution in [-0.2, 0) is 10.0 Å². The minimum absolute atomic E-state index is 0.0115. The molecule has 0 spiro atoms. The summed E-state index contributed by atoms with van der Waals surface area (Å²) in [5, 5.41) is 20.1. The van der Waals surface area contributed by atoms with Crippen molar-refractivity contribution < 1.29 is 28.0 Å². The fourth-order valence-electron chi connectivity index (χ4n) is 2.09. The van der Waals surface area contributed by atoms with Crippen LogP contribution in [0.1, 0.15) is 10.4 Å². The summed E-state index contributed by atoms with van der Waals surface area (Å²) in [5.74, 6) is -1.20. The number of rotatable bonds is 7. The third kappa shape index (κ3) is 4.06. The van der Waals surface area contributed by atoms with Gasteiger partial charge >= 0.3 is 11.7 Å². The van der Waals surface area contributed by atoms with Gasteiger partial charge in [0, 0.05) is 11.0 Å². The number of sulfonamides is 1. The molecule has 9 nitrogen and oxygen atoms in total. The highest BCUT2D eigenvalue weighted by molar-refractivity contribution is 7.99. The maximum atomic E-state index is 12.6. The van der Waals surface area contributed by atoms with E-state index < -0.39 is 26.6 Å². The Hall–Kier alpha value is -2.79. The van der Waals surface area contributed by atoms with Crippen LogP contribution in [0, 0.1) is 10.1 Å². The molecule has 0 aromatic heterocycles. The molecule has 0 radical (unpaired) electrons. The minimum Gasteiger partial charge on any atom is -0.490 e. The third-order valence-electron chi connectivity index (χ3n) is 3.35. The molecule has 0 bridgehead atoms. The van der Waals surface area contributed by atoms with Crippen LogP contribution in [0.2, 0.25) is 0 Å². The Bertz CT molecular complexity index is 974. The quantitative estimate of drug-likeness (QED) is 0.413. The van der Waals surface area contributed by atoms with E-state index in [0.29, 0.717) is 4.90 Å². The van der Waals surface area contributed by atoms with Gasteiger partial charge in [-0.15, -0.1) is 11.8 Å². The molecule has 0 aliphatic carbocycles. The van der Waals surface area contributed by atoms with Crippen LogP contribution < -0.4 is 9.46 Å². The van der Waals surface area contributed by atoms with Crippen molar-refractivity contribution in [2.24, 2.45) is 0 Å². The van der Waals surface area contributed by atoms with E-state index in [1.807, 2.05) is 0 Å². The molecule has 2 aromatic rings. The fraction of sp³-hybridized carbons (Fsp3) is 0.133. The molecule has 0 heterocycles. The van der Waals surface area contributed by atoms with E-state index in [1.54, 1.807) is 6.26 Å². The van der Waals surface area contributed by atoms with Crippen LogP contribution >= 0.6 is 11.8 Å². The number of thioether (sulfide) groups is 1. The first kappa shape index (κ1) is 19.5. The predicted molar refractivity (Wildman–Crippen MR) is 95.6 cm³/mol. The van der Waals surface area contributed by atoms with Gasteiger partial charge in [0.1, 0.15) is 0 Å². The maximum absolute atomic E-state index is 12.6. The van der Waals surface area contributed by atoms with Crippen molar-refractivity contribution in [1.82, 2.24) is 0 Å². The van der Waals surface area contributed by atoms with Gasteiger partial charge in [-0.3, -0.25) is 14.8 Å². The van der Waals surface area contributed by atoms with Crippen molar-refractivity contribution in [1.29, 1.82) is 0 Å². The number of ether oxygens (including phenoxy) is 1. The van der Waals surface area contributed by atoms with Gasteiger partial charge in [-0.2, -0.15) is 0 Å². The number of nitro groups is 1. The number of benzene rings is 2. The molecule has 11 heteroatoms. The standard InChI is InChI=1S/C15H14N2O7S2/c1-24-13-6-4-10(8-12(13)17(20)21)26(22,23)16-11-5-3-9(15(18)19)7-14(11)25-2/h3-8,16H,1-2H3,(H,18,19). The third-order valence-corrected chi connectivity index (χ3v) is 5.49. The summed E-state index contributed by atoms with van der Waals surface area (Å²) in [5.41, 5.74) is -0.306. The fourth-order valence-corrected chi connectivity index (χ4v) is 3.84. The Morgan fingerprint density at radius 2 is 1.96 bits per heavy atom. The molecule has 138 valence electrons. The Morgan fingerprint density at radius 1 is 1.27 bits per heavy atom. The molecule has 0 saturated carbocycles. The lowest BCUT2D eigenvalue weighted by molar-refractivity contribution is -0.386. The van der Waals surface area contributed by atoms with E-state index in [0.717, 1.165) is 17.8 Å². The number of nitro benzene ring substituents is 1. The molecule has 0 atom stereocenters. The zero-order chi connectivity index (χ0) is 19.5. The highest BCUT2D eigenvalue weighted by Gasteiger charge is 2.23. The van der Waals surface area contributed by atoms with Gasteiger partial charge in [-0.05, 0) is 36.6 Å². The van der Waals surface area contributed by atoms with E-state index in [2.05, 4.69) is 4.72 Å². The maximum Gasteiger partial charge on any atom is 0.335 e. The second-order valence-corrected chi connectivity index (χ2v) is 7.45. The summed E-state index contributed by atoms with van der Waals surface area (Å²) in [4.78, 5) is 21.4. The number of aromatic carboxylic acids is 1. The zero-order valence-electron chi connectivity index (χ0n) is 13.6. The van der Waals surface area contributed by atoms with Crippen LogP contribution in [0.15, 0.2) is 46.2 Å². The van der Waals surface area contributed by atoms with Gasteiger partial charge < -0.3 is 9.84 Å². The van der Waals surface area contributed by atoms with Crippen LogP contribution in [0.3, 0.4) is 0 Å². The van der Waals surface area contributed by atoms with E-state index in [9.17, 15) is 23.3 Å². The lowest BCUT2D eigenvalue weighted by Gasteiger charge is -2.12. The lowest BCUT2D eigenvalue weighted by atomic mass is 10.2. The molecule has 26 heavy (non-hydrogen) atoms. The number of carboxylic acids is 1. The Labute approximate surface area is 153 Å². The second-order valence-electron chi connectivity index (χ2n) is 4.92. The molecule has 2 aromatic carbocycles. The largest absolute Gasteiger partial charge is 0.490 e. The topological polar surface area (TPSA) is 136 Å². The summed E-state index contributed by atoms with van der Waals surface area (Å²) in [6.45, 7) is 0. The van der Waals surface area contributed by atoms with E-state index in [4.69, 9.17) is 9.84 Å². The monoisotopic (exact) mass is 398 g/mol. The van der Waals surface area contributed by atoms with Gasteiger partial charge in [-0.25, -0.2) is 13.2 Å². The molecule has 0 fully saturated rings. The average molecular weight is 398 g/mol. The number of anilines is 1. The molecule has 0 unspecified atom stereocenters. The van der Waals surface area contributed by atoms with Crippen molar-refractivity contribution in [2.75, 3.05) is 18.1 Å². The minimum atomic E-state index is -4.13. The molecule has 0 amide bonds. The van der Waals surface area contributed by atoms with Gasteiger partial charge in [0.2, 0.25) is 0 Å². The van der Waals surface area contributed by atoms with Crippen molar-refractivity contribution in [3.63, 3.8) is 0 Å². The molecular weight excluding hydrogens is 384 g/mol. The molecule has 0 aliphatic heterocycles. The number of nitrogens with one attached hydrogen (secondary N) is 1.